The van der Waals surface area contributed by atoms with Crippen molar-refractivity contribution in [1.29, 1.82) is 0 Å². The Balaban J connectivity index is 2.52. The van der Waals surface area contributed by atoms with Crippen LogP contribution in [-0.2, 0) is 9.59 Å². The number of anilines is 1. The van der Waals surface area contributed by atoms with Gasteiger partial charge in [-0.3, -0.25) is 9.59 Å². The van der Waals surface area contributed by atoms with Crippen LogP contribution in [-0.4, -0.2) is 24.4 Å². The minimum Gasteiger partial charge on any atom is -0.346 e. The van der Waals surface area contributed by atoms with Crippen molar-refractivity contribution in [3.05, 3.63) is 28.2 Å². The van der Waals surface area contributed by atoms with E-state index in [2.05, 4.69) is 26.6 Å². The number of carbonyl (C=O) groups is 2. The molecule has 6 heteroatoms. The molecule has 0 radical (unpaired) electrons. The fourth-order valence-electron chi connectivity index (χ4n) is 1.51. The molecule has 0 aliphatic heterocycles. The van der Waals surface area contributed by atoms with Crippen molar-refractivity contribution >= 4 is 33.4 Å². The first-order valence-electron chi connectivity index (χ1n) is 6.40. The molecule has 0 aromatic heterocycles. The lowest BCUT2D eigenvalue weighted by Gasteiger charge is -2.15. The minimum atomic E-state index is -0.601. The Labute approximate surface area is 127 Å². The molecule has 0 heterocycles. The summed E-state index contributed by atoms with van der Waals surface area (Å²) in [4.78, 5) is 23.4. The lowest BCUT2D eigenvalue weighted by atomic mass is 10.1. The molecule has 1 aromatic rings. The van der Waals surface area contributed by atoms with Gasteiger partial charge in [0.25, 0.3) is 0 Å². The molecule has 0 fully saturated rings. The summed E-state index contributed by atoms with van der Waals surface area (Å²) < 4.78 is 0.879. The Bertz CT molecular complexity index is 503. The molecule has 5 nitrogen and oxygen atoms in total. The maximum absolute atomic E-state index is 11.8. The van der Waals surface area contributed by atoms with Crippen LogP contribution in [0, 0.1) is 12.8 Å². The summed E-state index contributed by atoms with van der Waals surface area (Å²) in [5.41, 5.74) is 7.36. The second-order valence-corrected chi connectivity index (χ2v) is 5.91. The Kier molecular flexibility index (Phi) is 6.16. The van der Waals surface area contributed by atoms with E-state index in [9.17, 15) is 9.59 Å². The number of halogens is 1. The summed E-state index contributed by atoms with van der Waals surface area (Å²) in [6, 6.07) is 5.01. The number of hydrogen-bond donors (Lipinski definition) is 3. The first kappa shape index (κ1) is 16.7. The SMILES string of the molecule is Cc1ccc(Br)cc1NC(=O)CNC(=O)[C@@H](N)C(C)C. The molecule has 0 bridgehead atoms. The Morgan fingerprint density at radius 3 is 2.60 bits per heavy atom. The summed E-state index contributed by atoms with van der Waals surface area (Å²) in [5, 5.41) is 5.28. The second kappa shape index (κ2) is 7.40. The predicted molar refractivity (Wildman–Crippen MR) is 83.3 cm³/mol. The lowest BCUT2D eigenvalue weighted by Crippen LogP contribution is -2.46. The zero-order chi connectivity index (χ0) is 15.3. The molecule has 0 aliphatic carbocycles. The fraction of sp³-hybridized carbons (Fsp3) is 0.429. The first-order valence-corrected chi connectivity index (χ1v) is 7.20. The molecule has 0 saturated carbocycles. The van der Waals surface area contributed by atoms with Crippen molar-refractivity contribution in [3.63, 3.8) is 0 Å². The topological polar surface area (TPSA) is 84.2 Å². The van der Waals surface area contributed by atoms with Gasteiger partial charge in [-0.05, 0) is 30.5 Å². The number of nitrogens with two attached hydrogens (primary N) is 1. The molecular formula is C14H20BrN3O2. The smallest absolute Gasteiger partial charge is 0.243 e. The molecule has 0 aliphatic rings. The molecule has 0 saturated heterocycles. The molecule has 0 spiro atoms. The summed E-state index contributed by atoms with van der Waals surface area (Å²) >= 11 is 3.35. The van der Waals surface area contributed by atoms with E-state index in [0.717, 1.165) is 10.0 Å². The highest BCUT2D eigenvalue weighted by Gasteiger charge is 2.17. The van der Waals surface area contributed by atoms with Gasteiger partial charge in [0.2, 0.25) is 11.8 Å². The largest absolute Gasteiger partial charge is 0.346 e. The average molecular weight is 342 g/mol. The van der Waals surface area contributed by atoms with Crippen LogP contribution in [0.3, 0.4) is 0 Å². The third-order valence-electron chi connectivity index (χ3n) is 2.92. The van der Waals surface area contributed by atoms with Crippen LogP contribution < -0.4 is 16.4 Å². The molecule has 2 amide bonds. The van der Waals surface area contributed by atoms with Crippen molar-refractivity contribution in [2.45, 2.75) is 26.8 Å². The third-order valence-corrected chi connectivity index (χ3v) is 3.41. The maximum Gasteiger partial charge on any atom is 0.243 e. The Morgan fingerprint density at radius 2 is 2.00 bits per heavy atom. The number of amides is 2. The van der Waals surface area contributed by atoms with Gasteiger partial charge in [0.05, 0.1) is 12.6 Å². The van der Waals surface area contributed by atoms with Crippen molar-refractivity contribution in [3.8, 4) is 0 Å². The third kappa shape index (κ3) is 4.94. The van der Waals surface area contributed by atoms with E-state index >= 15 is 0 Å². The fourth-order valence-corrected chi connectivity index (χ4v) is 1.87. The van der Waals surface area contributed by atoms with Gasteiger partial charge in [0.1, 0.15) is 0 Å². The van der Waals surface area contributed by atoms with E-state index in [0.29, 0.717) is 5.69 Å². The first-order chi connectivity index (χ1) is 9.31. The van der Waals surface area contributed by atoms with Crippen LogP contribution in [0.15, 0.2) is 22.7 Å². The van der Waals surface area contributed by atoms with E-state index in [1.807, 2.05) is 39.0 Å². The van der Waals surface area contributed by atoms with Gasteiger partial charge in [-0.2, -0.15) is 0 Å². The lowest BCUT2D eigenvalue weighted by molar-refractivity contribution is -0.125. The van der Waals surface area contributed by atoms with Crippen LogP contribution in [0.2, 0.25) is 0 Å². The number of benzene rings is 1. The molecule has 4 N–H and O–H groups in total. The van der Waals surface area contributed by atoms with Crippen LogP contribution in [0.1, 0.15) is 19.4 Å². The normalized spacial score (nSPS) is 12.1. The van der Waals surface area contributed by atoms with Crippen molar-refractivity contribution in [2.75, 3.05) is 11.9 Å². The van der Waals surface area contributed by atoms with E-state index in [1.165, 1.54) is 0 Å². The van der Waals surface area contributed by atoms with Crippen LogP contribution in [0.5, 0.6) is 0 Å². The van der Waals surface area contributed by atoms with Gasteiger partial charge in [-0.1, -0.05) is 35.8 Å². The zero-order valence-corrected chi connectivity index (χ0v) is 13.5. The molecule has 0 unspecified atom stereocenters. The predicted octanol–water partition coefficient (Wildman–Crippen LogP) is 1.80. The number of carbonyl (C=O) groups excluding carboxylic acids is 2. The van der Waals surface area contributed by atoms with Gasteiger partial charge >= 0.3 is 0 Å². The van der Waals surface area contributed by atoms with Crippen LogP contribution >= 0.6 is 15.9 Å². The van der Waals surface area contributed by atoms with Gasteiger partial charge in [-0.15, -0.1) is 0 Å². The molecule has 1 atom stereocenters. The molecule has 110 valence electrons. The van der Waals surface area contributed by atoms with E-state index in [4.69, 9.17) is 5.73 Å². The summed E-state index contributed by atoms with van der Waals surface area (Å²) in [6.45, 7) is 5.52. The van der Waals surface area contributed by atoms with Crippen molar-refractivity contribution < 1.29 is 9.59 Å². The number of aryl methyl sites for hydroxylation is 1. The van der Waals surface area contributed by atoms with Gasteiger partial charge < -0.3 is 16.4 Å². The van der Waals surface area contributed by atoms with E-state index < -0.39 is 6.04 Å². The Hall–Kier alpha value is -1.40. The zero-order valence-electron chi connectivity index (χ0n) is 11.9. The van der Waals surface area contributed by atoms with Crippen molar-refractivity contribution in [2.24, 2.45) is 11.7 Å². The van der Waals surface area contributed by atoms with Gasteiger partial charge in [0.15, 0.2) is 0 Å². The van der Waals surface area contributed by atoms with Crippen LogP contribution in [0.4, 0.5) is 5.69 Å². The minimum absolute atomic E-state index is 0.0328. The van der Waals surface area contributed by atoms with E-state index in [1.54, 1.807) is 0 Å². The molecule has 1 rings (SSSR count). The number of hydrogen-bond acceptors (Lipinski definition) is 3. The van der Waals surface area contributed by atoms with Crippen molar-refractivity contribution in [1.82, 2.24) is 5.32 Å². The number of nitrogens with one attached hydrogen (secondary N) is 2. The summed E-state index contributed by atoms with van der Waals surface area (Å²) in [6.07, 6.45) is 0. The molecular weight excluding hydrogens is 322 g/mol. The monoisotopic (exact) mass is 341 g/mol. The van der Waals surface area contributed by atoms with Gasteiger partial charge in [0, 0.05) is 10.2 Å². The second-order valence-electron chi connectivity index (χ2n) is 5.00. The quantitative estimate of drug-likeness (QED) is 0.763. The van der Waals surface area contributed by atoms with Crippen LogP contribution in [0.25, 0.3) is 0 Å². The standard InChI is InChI=1S/C14H20BrN3O2/c1-8(2)13(16)14(20)17-7-12(19)18-11-6-10(15)5-4-9(11)3/h4-6,8,13H,7,16H2,1-3H3,(H,17,20)(H,18,19)/t13-/m0/s1. The molecule has 20 heavy (non-hydrogen) atoms. The maximum atomic E-state index is 11.8. The summed E-state index contributed by atoms with van der Waals surface area (Å²) in [7, 11) is 0. The summed E-state index contributed by atoms with van der Waals surface area (Å²) in [5.74, 6) is -0.568. The highest BCUT2D eigenvalue weighted by atomic mass is 79.9. The Morgan fingerprint density at radius 1 is 1.35 bits per heavy atom. The highest BCUT2D eigenvalue weighted by Crippen LogP contribution is 2.20. The number of rotatable bonds is 5. The van der Waals surface area contributed by atoms with E-state index in [-0.39, 0.29) is 24.3 Å². The highest BCUT2D eigenvalue weighted by molar-refractivity contribution is 9.10. The molecule has 1 aromatic carbocycles. The average Bonchev–Trinajstić information content (AvgIpc) is 2.39. The van der Waals surface area contributed by atoms with Gasteiger partial charge in [-0.25, -0.2) is 0 Å².